The van der Waals surface area contributed by atoms with Crippen molar-refractivity contribution in [2.45, 2.75) is 37.1 Å². The first-order chi connectivity index (χ1) is 10.8. The Morgan fingerprint density at radius 2 is 2.14 bits per heavy atom. The van der Waals surface area contributed by atoms with Gasteiger partial charge >= 0.3 is 0 Å². The highest BCUT2D eigenvalue weighted by molar-refractivity contribution is 7.98. The van der Waals surface area contributed by atoms with Gasteiger partial charge in [0.25, 0.3) is 0 Å². The molecule has 3 aromatic heterocycles. The number of thioether (sulfide) groups is 1. The average molecular weight is 314 g/mol. The fraction of sp³-hybridized carbons (Fsp3) is 0.333. The van der Waals surface area contributed by atoms with Crippen LogP contribution in [-0.2, 0) is 12.3 Å². The summed E-state index contributed by atoms with van der Waals surface area (Å²) < 4.78 is 2.04. The van der Waals surface area contributed by atoms with E-state index in [0.29, 0.717) is 0 Å². The Bertz CT molecular complexity index is 755. The normalized spacial score (nSPS) is 11.1. The van der Waals surface area contributed by atoms with Crippen LogP contribution in [0.2, 0.25) is 0 Å². The maximum atomic E-state index is 5.86. The number of imidazole rings is 1. The zero-order valence-electron chi connectivity index (χ0n) is 12.4. The minimum absolute atomic E-state index is 0.286. The summed E-state index contributed by atoms with van der Waals surface area (Å²) >= 11 is 1.58. The van der Waals surface area contributed by atoms with Gasteiger partial charge in [-0.25, -0.2) is 9.97 Å². The van der Waals surface area contributed by atoms with Crippen LogP contribution in [0.3, 0.4) is 0 Å². The summed E-state index contributed by atoms with van der Waals surface area (Å²) in [6.45, 7) is 3.06. The zero-order chi connectivity index (χ0) is 15.4. The highest BCUT2D eigenvalue weighted by atomic mass is 32.2. The van der Waals surface area contributed by atoms with Crippen molar-refractivity contribution in [3.05, 3.63) is 36.4 Å². The Balaban J connectivity index is 1.87. The van der Waals surface area contributed by atoms with E-state index in [1.807, 2.05) is 29.1 Å². The number of fused-ring (bicyclic) bond motifs is 1. The van der Waals surface area contributed by atoms with Gasteiger partial charge in [-0.05, 0) is 18.6 Å². The lowest BCUT2D eigenvalue weighted by molar-refractivity contribution is 0.641. The molecule has 0 fully saturated rings. The summed E-state index contributed by atoms with van der Waals surface area (Å²) in [6, 6.07) is 5.88. The summed E-state index contributed by atoms with van der Waals surface area (Å²) in [5.41, 5.74) is 8.48. The van der Waals surface area contributed by atoms with Crippen LogP contribution in [0.5, 0.6) is 0 Å². The average Bonchev–Trinajstić information content (AvgIpc) is 2.94. The van der Waals surface area contributed by atoms with Crippen molar-refractivity contribution in [3.63, 3.8) is 0 Å². The van der Waals surface area contributed by atoms with Gasteiger partial charge in [0, 0.05) is 18.5 Å². The van der Waals surface area contributed by atoms with Crippen LogP contribution in [0, 0.1) is 0 Å². The molecule has 22 heavy (non-hydrogen) atoms. The molecule has 0 unspecified atom stereocenters. The molecule has 6 nitrogen and oxygen atoms in total. The van der Waals surface area contributed by atoms with E-state index >= 15 is 0 Å². The van der Waals surface area contributed by atoms with Crippen LogP contribution >= 0.6 is 11.8 Å². The van der Waals surface area contributed by atoms with Crippen molar-refractivity contribution in [1.29, 1.82) is 0 Å². The maximum Gasteiger partial charge on any atom is 0.223 e. The van der Waals surface area contributed by atoms with Gasteiger partial charge in [-0.2, -0.15) is 4.98 Å². The molecule has 0 atom stereocenters. The van der Waals surface area contributed by atoms with Crippen molar-refractivity contribution in [3.8, 4) is 0 Å². The van der Waals surface area contributed by atoms with Gasteiger partial charge in [0.2, 0.25) is 5.95 Å². The molecular formula is C15H18N6S. The second-order valence-electron chi connectivity index (χ2n) is 4.96. The molecule has 2 N–H and O–H groups in total. The van der Waals surface area contributed by atoms with E-state index in [4.69, 9.17) is 5.73 Å². The summed E-state index contributed by atoms with van der Waals surface area (Å²) in [5, 5.41) is 0.809. The fourth-order valence-electron chi connectivity index (χ4n) is 2.15. The van der Waals surface area contributed by atoms with Crippen molar-refractivity contribution < 1.29 is 0 Å². The molecule has 0 radical (unpaired) electrons. The minimum Gasteiger partial charge on any atom is -0.368 e. The Morgan fingerprint density at radius 1 is 1.23 bits per heavy atom. The third-order valence-corrected chi connectivity index (χ3v) is 4.28. The molecule has 0 amide bonds. The Morgan fingerprint density at radius 3 is 2.91 bits per heavy atom. The first kappa shape index (κ1) is 14.8. The molecular weight excluding hydrogens is 296 g/mol. The smallest absolute Gasteiger partial charge is 0.223 e. The van der Waals surface area contributed by atoms with Crippen LogP contribution in [0.1, 0.15) is 25.5 Å². The summed E-state index contributed by atoms with van der Waals surface area (Å²) in [6.07, 6.45) is 5.83. The quantitative estimate of drug-likeness (QED) is 0.556. The second kappa shape index (κ2) is 6.74. The number of nitrogens with two attached hydrogens (primary N) is 1. The molecule has 0 saturated heterocycles. The van der Waals surface area contributed by atoms with E-state index in [1.165, 1.54) is 0 Å². The number of nitrogens with zero attached hydrogens (tertiary/aromatic N) is 5. The number of hydrogen-bond acceptors (Lipinski definition) is 6. The van der Waals surface area contributed by atoms with Gasteiger partial charge in [-0.1, -0.05) is 31.2 Å². The number of anilines is 1. The van der Waals surface area contributed by atoms with Gasteiger partial charge in [0.15, 0.2) is 5.65 Å². The van der Waals surface area contributed by atoms with Crippen LogP contribution in [0.4, 0.5) is 5.95 Å². The molecule has 0 bridgehead atoms. The number of aromatic nitrogens is 5. The number of unbranched alkanes of at least 4 members (excludes halogenated alkanes) is 1. The monoisotopic (exact) mass is 314 g/mol. The van der Waals surface area contributed by atoms with E-state index in [9.17, 15) is 0 Å². The summed E-state index contributed by atoms with van der Waals surface area (Å²) in [4.78, 5) is 17.5. The van der Waals surface area contributed by atoms with Crippen LogP contribution < -0.4 is 5.73 Å². The van der Waals surface area contributed by atoms with Crippen LogP contribution in [0.25, 0.3) is 11.2 Å². The van der Waals surface area contributed by atoms with Crippen molar-refractivity contribution in [1.82, 2.24) is 24.5 Å². The Labute approximate surface area is 133 Å². The molecule has 0 saturated carbocycles. The highest BCUT2D eigenvalue weighted by Gasteiger charge is 2.13. The summed E-state index contributed by atoms with van der Waals surface area (Å²) in [7, 11) is 0. The third-order valence-electron chi connectivity index (χ3n) is 3.28. The molecule has 114 valence electrons. The van der Waals surface area contributed by atoms with E-state index in [0.717, 1.165) is 47.0 Å². The van der Waals surface area contributed by atoms with Gasteiger partial charge in [0.05, 0.1) is 12.0 Å². The van der Waals surface area contributed by atoms with E-state index in [2.05, 4.69) is 26.9 Å². The molecule has 7 heteroatoms. The molecule has 3 rings (SSSR count). The fourth-order valence-corrected chi connectivity index (χ4v) is 3.05. The van der Waals surface area contributed by atoms with Crippen LogP contribution in [0.15, 0.2) is 35.7 Å². The largest absolute Gasteiger partial charge is 0.368 e. The number of hydrogen-bond donors (Lipinski definition) is 1. The predicted molar refractivity (Wildman–Crippen MR) is 88.4 cm³/mol. The SMILES string of the molecule is CCCCn1cnc2c(SCc3ccccn3)nc(N)nc21. The van der Waals surface area contributed by atoms with Crippen molar-refractivity contribution in [2.24, 2.45) is 0 Å². The molecule has 0 aliphatic rings. The molecule has 0 aliphatic carbocycles. The van der Waals surface area contributed by atoms with Gasteiger partial charge in [-0.3, -0.25) is 4.98 Å². The summed E-state index contributed by atoms with van der Waals surface area (Å²) in [5.74, 6) is 1.02. The van der Waals surface area contributed by atoms with E-state index in [1.54, 1.807) is 18.0 Å². The van der Waals surface area contributed by atoms with E-state index in [-0.39, 0.29) is 5.95 Å². The zero-order valence-corrected chi connectivity index (χ0v) is 13.3. The molecule has 0 spiro atoms. The van der Waals surface area contributed by atoms with Crippen LogP contribution in [-0.4, -0.2) is 24.5 Å². The Kier molecular flexibility index (Phi) is 4.53. The third kappa shape index (κ3) is 3.19. The maximum absolute atomic E-state index is 5.86. The highest BCUT2D eigenvalue weighted by Crippen LogP contribution is 2.27. The number of pyridine rings is 1. The van der Waals surface area contributed by atoms with Crippen molar-refractivity contribution >= 4 is 28.9 Å². The minimum atomic E-state index is 0.286. The number of aryl methyl sites for hydroxylation is 1. The molecule has 3 heterocycles. The van der Waals surface area contributed by atoms with Crippen molar-refractivity contribution in [2.75, 3.05) is 5.73 Å². The van der Waals surface area contributed by atoms with E-state index < -0.39 is 0 Å². The second-order valence-corrected chi connectivity index (χ2v) is 5.92. The molecule has 0 aliphatic heterocycles. The number of rotatable bonds is 6. The Hall–Kier alpha value is -2.15. The lowest BCUT2D eigenvalue weighted by Gasteiger charge is -2.05. The molecule has 3 aromatic rings. The molecule has 0 aromatic carbocycles. The topological polar surface area (TPSA) is 82.5 Å². The lowest BCUT2D eigenvalue weighted by atomic mass is 10.3. The first-order valence-electron chi connectivity index (χ1n) is 7.29. The standard InChI is InChI=1S/C15H18N6S/c1-2-3-8-21-10-18-12-13(21)19-15(16)20-14(12)22-9-11-6-4-5-7-17-11/h4-7,10H,2-3,8-9H2,1H3,(H2,16,19,20). The predicted octanol–water partition coefficient (Wildman–Crippen LogP) is 2.90. The first-order valence-corrected chi connectivity index (χ1v) is 8.27. The lowest BCUT2D eigenvalue weighted by Crippen LogP contribution is -2.02. The number of nitrogen functional groups attached to an aromatic ring is 1. The van der Waals surface area contributed by atoms with Gasteiger partial charge in [-0.15, -0.1) is 0 Å². The van der Waals surface area contributed by atoms with Gasteiger partial charge in [0.1, 0.15) is 10.5 Å². The van der Waals surface area contributed by atoms with Gasteiger partial charge < -0.3 is 10.3 Å².